The van der Waals surface area contributed by atoms with E-state index in [1.165, 1.54) is 38.5 Å². The second-order valence-corrected chi connectivity index (χ2v) is 6.86. The lowest BCUT2D eigenvalue weighted by molar-refractivity contribution is 0.0860. The van der Waals surface area contributed by atoms with Crippen LogP contribution in [0.5, 0.6) is 0 Å². The minimum absolute atomic E-state index is 0.468. The van der Waals surface area contributed by atoms with E-state index in [4.69, 9.17) is 0 Å². The normalized spacial score (nSPS) is 29.2. The number of hydrogen-bond donors (Lipinski definition) is 1. The first-order valence-electron chi connectivity index (χ1n) is 7.85. The van der Waals surface area contributed by atoms with Gasteiger partial charge in [-0.15, -0.1) is 6.58 Å². The lowest BCUT2D eigenvalue weighted by Crippen LogP contribution is -2.46. The van der Waals surface area contributed by atoms with Gasteiger partial charge in [0.05, 0.1) is 0 Å². The Bertz CT molecular complexity index is 244. The molecule has 1 saturated carbocycles. The molecule has 3 atom stereocenters. The summed E-state index contributed by atoms with van der Waals surface area (Å²) in [6.45, 7) is 14.5. The Balaban J connectivity index is 2.61. The van der Waals surface area contributed by atoms with Crippen LogP contribution in [0.15, 0.2) is 12.7 Å². The topological polar surface area (TPSA) is 12.0 Å². The summed E-state index contributed by atoms with van der Waals surface area (Å²) < 4.78 is 0. The van der Waals surface area contributed by atoms with Crippen molar-refractivity contribution in [3.05, 3.63) is 12.7 Å². The molecule has 0 amide bonds. The summed E-state index contributed by atoms with van der Waals surface area (Å²) >= 11 is 0. The summed E-state index contributed by atoms with van der Waals surface area (Å²) in [6.07, 6.45) is 10.0. The first kappa shape index (κ1) is 15.8. The predicted octanol–water partition coefficient (Wildman–Crippen LogP) is 4.78. The molecule has 106 valence electrons. The van der Waals surface area contributed by atoms with E-state index in [1.54, 1.807) is 0 Å². The van der Waals surface area contributed by atoms with Gasteiger partial charge in [0.25, 0.3) is 0 Å². The van der Waals surface area contributed by atoms with Crippen molar-refractivity contribution in [2.24, 2.45) is 17.3 Å². The standard InChI is InChI=1S/C17H33N/c1-6-8-9-12-17(4,5)15-11-10-14(3)13-16(15)18-7-2/h6,14-16,18H,1,7-13H2,2-5H3. The monoisotopic (exact) mass is 251 g/mol. The molecule has 0 aromatic heterocycles. The predicted molar refractivity (Wildman–Crippen MR) is 81.8 cm³/mol. The number of hydrogen-bond acceptors (Lipinski definition) is 1. The second-order valence-electron chi connectivity index (χ2n) is 6.86. The first-order valence-corrected chi connectivity index (χ1v) is 7.85. The molecule has 1 nitrogen and oxygen atoms in total. The van der Waals surface area contributed by atoms with Crippen molar-refractivity contribution in [2.45, 2.75) is 72.3 Å². The number of nitrogens with one attached hydrogen (secondary N) is 1. The van der Waals surface area contributed by atoms with Gasteiger partial charge in [0.2, 0.25) is 0 Å². The Morgan fingerprint density at radius 3 is 2.67 bits per heavy atom. The Morgan fingerprint density at radius 1 is 1.33 bits per heavy atom. The maximum absolute atomic E-state index is 3.83. The van der Waals surface area contributed by atoms with Crippen molar-refractivity contribution < 1.29 is 0 Å². The molecule has 0 spiro atoms. The Labute approximate surface area is 114 Å². The van der Waals surface area contributed by atoms with Crippen molar-refractivity contribution >= 4 is 0 Å². The van der Waals surface area contributed by atoms with Crippen LogP contribution in [0.2, 0.25) is 0 Å². The van der Waals surface area contributed by atoms with Crippen LogP contribution >= 0.6 is 0 Å². The molecule has 0 bridgehead atoms. The summed E-state index contributed by atoms with van der Waals surface area (Å²) in [5, 5.41) is 3.74. The molecule has 0 saturated heterocycles. The van der Waals surface area contributed by atoms with Gasteiger partial charge in [-0.1, -0.05) is 40.2 Å². The van der Waals surface area contributed by atoms with Gasteiger partial charge in [-0.2, -0.15) is 0 Å². The van der Waals surface area contributed by atoms with Crippen LogP contribution in [-0.2, 0) is 0 Å². The van der Waals surface area contributed by atoms with Gasteiger partial charge in [0, 0.05) is 6.04 Å². The molecular formula is C17H33N. The average molecular weight is 251 g/mol. The van der Waals surface area contributed by atoms with E-state index in [1.807, 2.05) is 0 Å². The molecule has 0 aromatic rings. The lowest BCUT2D eigenvalue weighted by Gasteiger charge is -2.45. The third kappa shape index (κ3) is 4.42. The summed E-state index contributed by atoms with van der Waals surface area (Å²) in [5.74, 6) is 1.74. The fourth-order valence-electron chi connectivity index (χ4n) is 3.69. The fraction of sp³-hybridized carbons (Fsp3) is 0.882. The summed E-state index contributed by atoms with van der Waals surface area (Å²) in [7, 11) is 0. The van der Waals surface area contributed by atoms with Gasteiger partial charge >= 0.3 is 0 Å². The molecular weight excluding hydrogens is 218 g/mol. The van der Waals surface area contributed by atoms with E-state index < -0.39 is 0 Å². The number of rotatable bonds is 7. The van der Waals surface area contributed by atoms with Gasteiger partial charge in [0.15, 0.2) is 0 Å². The number of unbranched alkanes of at least 4 members (excludes halogenated alkanes) is 1. The largest absolute Gasteiger partial charge is 0.314 e. The van der Waals surface area contributed by atoms with Gasteiger partial charge in [0.1, 0.15) is 0 Å². The highest BCUT2D eigenvalue weighted by atomic mass is 14.9. The minimum atomic E-state index is 0.468. The highest BCUT2D eigenvalue weighted by Gasteiger charge is 2.37. The summed E-state index contributed by atoms with van der Waals surface area (Å²) in [6, 6.07) is 0.734. The molecule has 1 aliphatic rings. The molecule has 1 fully saturated rings. The van der Waals surface area contributed by atoms with Gasteiger partial charge in [-0.25, -0.2) is 0 Å². The Hall–Kier alpha value is -0.300. The van der Waals surface area contributed by atoms with Crippen LogP contribution in [0.25, 0.3) is 0 Å². The van der Waals surface area contributed by atoms with E-state index in [0.29, 0.717) is 5.41 Å². The third-order valence-electron chi connectivity index (χ3n) is 4.81. The van der Waals surface area contributed by atoms with Crippen molar-refractivity contribution in [3.63, 3.8) is 0 Å². The third-order valence-corrected chi connectivity index (χ3v) is 4.81. The summed E-state index contributed by atoms with van der Waals surface area (Å²) in [5.41, 5.74) is 0.468. The molecule has 1 N–H and O–H groups in total. The quantitative estimate of drug-likeness (QED) is 0.507. The maximum atomic E-state index is 3.83. The van der Waals surface area contributed by atoms with E-state index in [0.717, 1.165) is 24.4 Å². The zero-order valence-corrected chi connectivity index (χ0v) is 13.0. The molecule has 18 heavy (non-hydrogen) atoms. The van der Waals surface area contributed by atoms with Crippen molar-refractivity contribution in [1.82, 2.24) is 5.32 Å². The van der Waals surface area contributed by atoms with E-state index in [9.17, 15) is 0 Å². The molecule has 1 rings (SSSR count). The average Bonchev–Trinajstić information content (AvgIpc) is 2.29. The highest BCUT2D eigenvalue weighted by molar-refractivity contribution is 4.92. The van der Waals surface area contributed by atoms with Crippen LogP contribution in [0.4, 0.5) is 0 Å². The smallest absolute Gasteiger partial charge is 0.0103 e. The van der Waals surface area contributed by atoms with Crippen molar-refractivity contribution in [1.29, 1.82) is 0 Å². The van der Waals surface area contributed by atoms with Crippen LogP contribution in [0.3, 0.4) is 0 Å². The molecule has 0 aliphatic heterocycles. The van der Waals surface area contributed by atoms with E-state index >= 15 is 0 Å². The maximum Gasteiger partial charge on any atom is 0.0103 e. The zero-order valence-electron chi connectivity index (χ0n) is 13.0. The molecule has 1 heteroatoms. The molecule has 3 unspecified atom stereocenters. The lowest BCUT2D eigenvalue weighted by atomic mass is 9.64. The highest BCUT2D eigenvalue weighted by Crippen LogP contribution is 2.43. The molecule has 0 radical (unpaired) electrons. The van der Waals surface area contributed by atoms with Gasteiger partial charge in [-0.3, -0.25) is 0 Å². The van der Waals surface area contributed by atoms with Crippen LogP contribution in [0, 0.1) is 17.3 Å². The summed E-state index contributed by atoms with van der Waals surface area (Å²) in [4.78, 5) is 0. The van der Waals surface area contributed by atoms with Crippen LogP contribution < -0.4 is 5.32 Å². The Morgan fingerprint density at radius 2 is 2.06 bits per heavy atom. The van der Waals surface area contributed by atoms with Crippen LogP contribution in [-0.4, -0.2) is 12.6 Å². The SMILES string of the molecule is C=CCCCC(C)(C)C1CCC(C)CC1NCC. The molecule has 0 aromatic carbocycles. The fourth-order valence-corrected chi connectivity index (χ4v) is 3.69. The first-order chi connectivity index (χ1) is 8.51. The van der Waals surface area contributed by atoms with Crippen molar-refractivity contribution in [3.8, 4) is 0 Å². The van der Waals surface area contributed by atoms with Crippen LogP contribution in [0.1, 0.15) is 66.2 Å². The van der Waals surface area contributed by atoms with E-state index in [-0.39, 0.29) is 0 Å². The zero-order chi connectivity index (χ0) is 13.6. The Kier molecular flexibility index (Phi) is 6.42. The minimum Gasteiger partial charge on any atom is -0.314 e. The van der Waals surface area contributed by atoms with Gasteiger partial charge in [-0.05, 0) is 55.9 Å². The van der Waals surface area contributed by atoms with E-state index in [2.05, 4.69) is 45.7 Å². The number of allylic oxidation sites excluding steroid dienone is 1. The molecule has 0 heterocycles. The second kappa shape index (κ2) is 7.33. The van der Waals surface area contributed by atoms with Crippen molar-refractivity contribution in [2.75, 3.05) is 6.54 Å². The molecule has 1 aliphatic carbocycles. The van der Waals surface area contributed by atoms with Gasteiger partial charge < -0.3 is 5.32 Å².